The van der Waals surface area contributed by atoms with Crippen LogP contribution < -0.4 is 5.32 Å². The van der Waals surface area contributed by atoms with Crippen molar-refractivity contribution in [3.63, 3.8) is 0 Å². The normalized spacial score (nSPS) is 21.8. The number of nitrogens with zero attached hydrogens (tertiary/aromatic N) is 3. The summed E-state index contributed by atoms with van der Waals surface area (Å²) in [6, 6.07) is 7.22. The average Bonchev–Trinajstić information content (AvgIpc) is 3.04. The van der Waals surface area contributed by atoms with Gasteiger partial charge in [-0.05, 0) is 29.8 Å². The van der Waals surface area contributed by atoms with E-state index in [4.69, 9.17) is 4.74 Å². The highest BCUT2D eigenvalue weighted by atomic mass is 16.5. The van der Waals surface area contributed by atoms with E-state index in [1.54, 1.807) is 12.1 Å². The molecule has 2 aliphatic rings. The Balaban J connectivity index is 1.68. The van der Waals surface area contributed by atoms with Gasteiger partial charge < -0.3 is 19.7 Å². The Bertz CT molecular complexity index is 686. The maximum atomic E-state index is 9.46. The minimum absolute atomic E-state index is 0.0349. The molecule has 1 atom stereocenters. The molecule has 0 radical (unpaired) electrons. The van der Waals surface area contributed by atoms with Gasteiger partial charge in [0.1, 0.15) is 11.9 Å². The number of phenolic OH excluding ortho intramolecular Hbond substituents is 1. The molecule has 4 rings (SSSR count). The van der Waals surface area contributed by atoms with Crippen LogP contribution in [0.2, 0.25) is 0 Å². The van der Waals surface area contributed by atoms with E-state index in [1.165, 1.54) is 0 Å². The Hall–Kier alpha value is -2.31. The van der Waals surface area contributed by atoms with Crippen LogP contribution in [0, 0.1) is 0 Å². The second-order valence-electron chi connectivity index (χ2n) is 5.48. The zero-order valence-corrected chi connectivity index (χ0v) is 12.1. The van der Waals surface area contributed by atoms with Crippen LogP contribution >= 0.6 is 0 Å². The lowest BCUT2D eigenvalue weighted by molar-refractivity contribution is 0.00941. The summed E-state index contributed by atoms with van der Waals surface area (Å²) in [6.45, 7) is 3.26. The first-order valence-electron chi connectivity index (χ1n) is 7.43. The minimum atomic E-state index is 0.0349. The summed E-state index contributed by atoms with van der Waals surface area (Å²) in [7, 11) is 0. The number of aromatic hydroxyl groups is 1. The van der Waals surface area contributed by atoms with Gasteiger partial charge in [0.15, 0.2) is 5.82 Å². The third-order valence-corrected chi connectivity index (χ3v) is 4.09. The molecule has 1 saturated heterocycles. The molecule has 0 amide bonds. The van der Waals surface area contributed by atoms with Crippen molar-refractivity contribution in [2.45, 2.75) is 6.17 Å². The molecular formula is C16H18N4O2. The summed E-state index contributed by atoms with van der Waals surface area (Å²) in [5.74, 6) is 1.26. The number of imidazole rings is 1. The SMILES string of the molecule is Oc1ccc(C2=Cn3ccnc3C(N3CCOCC3)N2)cc1. The van der Waals surface area contributed by atoms with Crippen molar-refractivity contribution in [1.82, 2.24) is 19.8 Å². The van der Waals surface area contributed by atoms with E-state index in [9.17, 15) is 5.11 Å². The molecule has 0 spiro atoms. The van der Waals surface area contributed by atoms with Crippen molar-refractivity contribution in [3.05, 3.63) is 48.0 Å². The molecule has 2 N–H and O–H groups in total. The standard InChI is InChI=1S/C16H18N4O2/c21-13-3-1-12(2-4-13)14-11-20-6-5-17-15(20)16(18-14)19-7-9-22-10-8-19/h1-6,11,16,18,21H,7-10H2. The number of phenols is 1. The summed E-state index contributed by atoms with van der Waals surface area (Å²) in [6.07, 6.45) is 5.85. The Labute approximate surface area is 128 Å². The number of hydrogen-bond acceptors (Lipinski definition) is 5. The van der Waals surface area contributed by atoms with Gasteiger partial charge in [-0.2, -0.15) is 0 Å². The first-order valence-corrected chi connectivity index (χ1v) is 7.43. The number of hydrogen-bond donors (Lipinski definition) is 2. The Morgan fingerprint density at radius 1 is 1.18 bits per heavy atom. The minimum Gasteiger partial charge on any atom is -0.508 e. The molecule has 0 aliphatic carbocycles. The third kappa shape index (κ3) is 2.36. The summed E-state index contributed by atoms with van der Waals surface area (Å²) < 4.78 is 7.50. The van der Waals surface area contributed by atoms with Crippen molar-refractivity contribution in [1.29, 1.82) is 0 Å². The van der Waals surface area contributed by atoms with Gasteiger partial charge in [0, 0.05) is 31.7 Å². The van der Waals surface area contributed by atoms with Gasteiger partial charge in [-0.1, -0.05) is 0 Å². The molecule has 1 aromatic heterocycles. The molecule has 1 aromatic carbocycles. The molecule has 2 aromatic rings. The van der Waals surface area contributed by atoms with Crippen molar-refractivity contribution in [3.8, 4) is 5.75 Å². The highest BCUT2D eigenvalue weighted by Crippen LogP contribution is 2.28. The van der Waals surface area contributed by atoms with Crippen molar-refractivity contribution in [2.75, 3.05) is 26.3 Å². The van der Waals surface area contributed by atoms with E-state index in [2.05, 4.69) is 19.8 Å². The second-order valence-corrected chi connectivity index (χ2v) is 5.48. The molecule has 0 saturated carbocycles. The first-order chi connectivity index (χ1) is 10.8. The fourth-order valence-electron chi connectivity index (χ4n) is 2.92. The zero-order valence-electron chi connectivity index (χ0n) is 12.1. The molecule has 1 unspecified atom stereocenters. The van der Waals surface area contributed by atoms with Gasteiger partial charge in [-0.25, -0.2) is 4.98 Å². The molecule has 2 aliphatic heterocycles. The highest BCUT2D eigenvalue weighted by molar-refractivity contribution is 5.75. The number of nitrogens with one attached hydrogen (secondary N) is 1. The molecular weight excluding hydrogens is 280 g/mol. The Kier molecular flexibility index (Phi) is 3.32. The summed E-state index contributed by atoms with van der Waals surface area (Å²) >= 11 is 0. The number of ether oxygens (including phenoxy) is 1. The monoisotopic (exact) mass is 298 g/mol. The molecule has 6 heteroatoms. The maximum Gasteiger partial charge on any atom is 0.150 e. The van der Waals surface area contributed by atoms with Crippen molar-refractivity contribution >= 4 is 11.9 Å². The molecule has 6 nitrogen and oxygen atoms in total. The number of fused-ring (bicyclic) bond motifs is 1. The van der Waals surface area contributed by atoms with Crippen LogP contribution in [-0.4, -0.2) is 45.9 Å². The van der Waals surface area contributed by atoms with Gasteiger partial charge in [0.05, 0.1) is 18.9 Å². The van der Waals surface area contributed by atoms with Crippen molar-refractivity contribution in [2.24, 2.45) is 0 Å². The van der Waals surface area contributed by atoms with Crippen LogP contribution in [0.1, 0.15) is 17.6 Å². The molecule has 22 heavy (non-hydrogen) atoms. The van der Waals surface area contributed by atoms with E-state index >= 15 is 0 Å². The van der Waals surface area contributed by atoms with Crippen LogP contribution in [0.3, 0.4) is 0 Å². The lowest BCUT2D eigenvalue weighted by Crippen LogP contribution is -2.46. The molecule has 0 bridgehead atoms. The largest absolute Gasteiger partial charge is 0.508 e. The zero-order chi connectivity index (χ0) is 14.9. The smallest absolute Gasteiger partial charge is 0.150 e. The van der Waals surface area contributed by atoms with Gasteiger partial charge >= 0.3 is 0 Å². The fraction of sp³-hybridized carbons (Fsp3) is 0.312. The summed E-state index contributed by atoms with van der Waals surface area (Å²) in [5, 5.41) is 13.0. The second kappa shape index (κ2) is 5.47. The molecule has 1 fully saturated rings. The van der Waals surface area contributed by atoms with Crippen molar-refractivity contribution < 1.29 is 9.84 Å². The number of morpholine rings is 1. The number of rotatable bonds is 2. The van der Waals surface area contributed by atoms with Gasteiger partial charge in [-0.15, -0.1) is 0 Å². The van der Waals surface area contributed by atoms with Crippen LogP contribution in [0.4, 0.5) is 0 Å². The van der Waals surface area contributed by atoms with Gasteiger partial charge in [-0.3, -0.25) is 4.90 Å². The number of aromatic nitrogens is 2. The van der Waals surface area contributed by atoms with Crippen LogP contribution in [0.15, 0.2) is 36.7 Å². The van der Waals surface area contributed by atoms with E-state index < -0.39 is 0 Å². The van der Waals surface area contributed by atoms with Crippen LogP contribution in [0.25, 0.3) is 11.9 Å². The van der Waals surface area contributed by atoms with Crippen LogP contribution in [0.5, 0.6) is 5.75 Å². The lowest BCUT2D eigenvalue weighted by atomic mass is 10.1. The molecule has 3 heterocycles. The fourth-order valence-corrected chi connectivity index (χ4v) is 2.92. The van der Waals surface area contributed by atoms with Gasteiger partial charge in [0.2, 0.25) is 0 Å². The highest BCUT2D eigenvalue weighted by Gasteiger charge is 2.29. The molecule has 114 valence electrons. The average molecular weight is 298 g/mol. The predicted molar refractivity (Wildman–Crippen MR) is 82.8 cm³/mol. The van der Waals surface area contributed by atoms with E-state index in [0.29, 0.717) is 0 Å². The number of benzene rings is 1. The van der Waals surface area contributed by atoms with Crippen LogP contribution in [-0.2, 0) is 4.74 Å². The van der Waals surface area contributed by atoms with E-state index in [0.717, 1.165) is 43.4 Å². The maximum absolute atomic E-state index is 9.46. The first kappa shape index (κ1) is 13.4. The Morgan fingerprint density at radius 2 is 1.95 bits per heavy atom. The lowest BCUT2D eigenvalue weighted by Gasteiger charge is -2.37. The summed E-state index contributed by atoms with van der Waals surface area (Å²) in [4.78, 5) is 6.83. The van der Waals surface area contributed by atoms with E-state index in [1.807, 2.05) is 30.7 Å². The predicted octanol–water partition coefficient (Wildman–Crippen LogP) is 1.48. The Morgan fingerprint density at radius 3 is 2.73 bits per heavy atom. The summed E-state index contributed by atoms with van der Waals surface area (Å²) in [5.41, 5.74) is 2.05. The topological polar surface area (TPSA) is 62.5 Å². The quantitative estimate of drug-likeness (QED) is 0.879. The third-order valence-electron chi connectivity index (χ3n) is 4.09. The van der Waals surface area contributed by atoms with E-state index in [-0.39, 0.29) is 11.9 Å². The van der Waals surface area contributed by atoms with Gasteiger partial charge in [0.25, 0.3) is 0 Å².